The van der Waals surface area contributed by atoms with E-state index in [1.807, 2.05) is 0 Å². The van der Waals surface area contributed by atoms with Gasteiger partial charge in [0.05, 0.1) is 25.7 Å². The lowest BCUT2D eigenvalue weighted by Crippen LogP contribution is -2.57. The predicted octanol–water partition coefficient (Wildman–Crippen LogP) is 5.13. The lowest BCUT2D eigenvalue weighted by molar-refractivity contribution is -0.273. The van der Waals surface area contributed by atoms with Crippen LogP contribution in [0.3, 0.4) is 0 Å². The van der Waals surface area contributed by atoms with Crippen LogP contribution in [-0.2, 0) is 28.5 Å². The van der Waals surface area contributed by atoms with Crippen LogP contribution >= 0.6 is 0 Å². The van der Waals surface area contributed by atoms with Crippen molar-refractivity contribution in [3.8, 4) is 0 Å². The molecule has 0 bridgehead atoms. The molecule has 6 fully saturated rings. The minimum absolute atomic E-state index is 0.0454. The van der Waals surface area contributed by atoms with Gasteiger partial charge in [0, 0.05) is 25.2 Å². The van der Waals surface area contributed by atoms with Gasteiger partial charge in [-0.1, -0.05) is 27.7 Å². The summed E-state index contributed by atoms with van der Waals surface area (Å²) in [4.78, 5) is 24.6. The van der Waals surface area contributed by atoms with Crippen molar-refractivity contribution in [2.75, 3.05) is 13.2 Å². The molecule has 0 aromatic carbocycles. The molecule has 196 valence electrons. The molecule has 3 aliphatic carbocycles. The monoisotopic (exact) mass is 488 g/mol. The highest BCUT2D eigenvalue weighted by molar-refractivity contribution is 5.70. The zero-order valence-corrected chi connectivity index (χ0v) is 22.2. The molecule has 12 atom stereocenters. The first kappa shape index (κ1) is 24.2. The SMILES string of the molecule is CC(=O)O[C@@H]1C[C@@H]2[C@H](CC[C@]3(C)[C@@H]4[C@H](C[C@@H]23)O[C@]2(CC[C@@H](C)CO2)[C@H]4C)[C@@]2(C)CCOC(=O)C[C@H]12. The lowest BCUT2D eigenvalue weighted by atomic mass is 9.45. The molecule has 6 nitrogen and oxygen atoms in total. The van der Waals surface area contributed by atoms with E-state index in [0.29, 0.717) is 48.5 Å². The van der Waals surface area contributed by atoms with E-state index in [0.717, 1.165) is 32.3 Å². The van der Waals surface area contributed by atoms with E-state index in [2.05, 4.69) is 27.7 Å². The van der Waals surface area contributed by atoms with Crippen molar-refractivity contribution < 1.29 is 28.5 Å². The standard InChI is InChI=1S/C29H44O6/c1-16-6-9-29(33-15-16)17(2)26-24(35-29)13-21-19-12-23(34-18(3)30)22-14-25(31)32-11-10-27(22,4)20(19)7-8-28(21,26)5/h16-17,19-24,26H,6-15H2,1-5H3/t16-,17+,19-,20+,21+,22-,23-,24+,26+,27-,28+,29-/m1/s1. The van der Waals surface area contributed by atoms with Crippen molar-refractivity contribution in [3.05, 3.63) is 0 Å². The van der Waals surface area contributed by atoms with E-state index in [1.165, 1.54) is 26.2 Å². The summed E-state index contributed by atoms with van der Waals surface area (Å²) in [5.74, 6) is 2.36. The minimum atomic E-state index is -0.393. The molecule has 6 aliphatic rings. The van der Waals surface area contributed by atoms with Gasteiger partial charge in [0.25, 0.3) is 0 Å². The topological polar surface area (TPSA) is 71.1 Å². The van der Waals surface area contributed by atoms with Gasteiger partial charge in [0.15, 0.2) is 5.79 Å². The van der Waals surface area contributed by atoms with E-state index < -0.39 is 5.79 Å². The van der Waals surface area contributed by atoms with Crippen LogP contribution < -0.4 is 0 Å². The number of fused-ring (bicyclic) bond motifs is 7. The van der Waals surface area contributed by atoms with Crippen LogP contribution in [0.4, 0.5) is 0 Å². The van der Waals surface area contributed by atoms with Gasteiger partial charge in [0.2, 0.25) is 0 Å². The highest BCUT2D eigenvalue weighted by Gasteiger charge is 2.70. The van der Waals surface area contributed by atoms with Gasteiger partial charge in [-0.15, -0.1) is 0 Å². The molecule has 1 spiro atoms. The van der Waals surface area contributed by atoms with E-state index in [4.69, 9.17) is 18.9 Å². The third-order valence-electron chi connectivity index (χ3n) is 12.0. The number of hydrogen-bond donors (Lipinski definition) is 0. The molecule has 3 aliphatic heterocycles. The molecule has 0 unspecified atom stereocenters. The number of hydrogen-bond acceptors (Lipinski definition) is 6. The molecular weight excluding hydrogens is 444 g/mol. The van der Waals surface area contributed by atoms with Crippen LogP contribution in [0.15, 0.2) is 0 Å². The summed E-state index contributed by atoms with van der Waals surface area (Å²) < 4.78 is 24.9. The Labute approximate surface area is 210 Å². The average molecular weight is 489 g/mol. The predicted molar refractivity (Wildman–Crippen MR) is 129 cm³/mol. The maximum absolute atomic E-state index is 12.5. The van der Waals surface area contributed by atoms with Crippen LogP contribution in [0.25, 0.3) is 0 Å². The summed E-state index contributed by atoms with van der Waals surface area (Å²) in [7, 11) is 0. The lowest BCUT2D eigenvalue weighted by Gasteiger charge is -2.60. The summed E-state index contributed by atoms with van der Waals surface area (Å²) in [5, 5.41) is 0. The van der Waals surface area contributed by atoms with Crippen LogP contribution in [0.5, 0.6) is 0 Å². The number of carbonyl (C=O) groups is 2. The Hall–Kier alpha value is -1.14. The minimum Gasteiger partial charge on any atom is -0.466 e. The molecule has 6 rings (SSSR count). The highest BCUT2D eigenvalue weighted by atomic mass is 16.7. The Morgan fingerprint density at radius 2 is 1.80 bits per heavy atom. The molecule has 0 N–H and O–H groups in total. The van der Waals surface area contributed by atoms with Crippen LogP contribution in [0.1, 0.15) is 86.0 Å². The summed E-state index contributed by atoms with van der Waals surface area (Å²) >= 11 is 0. The van der Waals surface area contributed by atoms with Crippen molar-refractivity contribution in [2.24, 2.45) is 52.3 Å². The van der Waals surface area contributed by atoms with Gasteiger partial charge >= 0.3 is 11.9 Å². The highest BCUT2D eigenvalue weighted by Crippen LogP contribution is 2.71. The molecule has 0 aromatic rings. The summed E-state index contributed by atoms with van der Waals surface area (Å²) in [6, 6.07) is 0. The third-order valence-corrected chi connectivity index (χ3v) is 12.0. The fraction of sp³-hybridized carbons (Fsp3) is 0.931. The average Bonchev–Trinajstić information content (AvgIpc) is 3.16. The molecule has 0 aromatic heterocycles. The number of carbonyl (C=O) groups excluding carboxylic acids is 2. The molecule has 0 amide bonds. The Morgan fingerprint density at radius 1 is 1.00 bits per heavy atom. The van der Waals surface area contributed by atoms with Gasteiger partial charge in [-0.05, 0) is 78.9 Å². The molecule has 3 saturated heterocycles. The summed E-state index contributed by atoms with van der Waals surface area (Å²) in [5.41, 5.74) is 0.159. The Bertz CT molecular complexity index is 878. The van der Waals surface area contributed by atoms with Gasteiger partial charge < -0.3 is 18.9 Å². The molecule has 35 heavy (non-hydrogen) atoms. The zero-order chi connectivity index (χ0) is 24.8. The summed E-state index contributed by atoms with van der Waals surface area (Å²) in [6.45, 7) is 12.3. The maximum Gasteiger partial charge on any atom is 0.306 e. The molecule has 6 heteroatoms. The van der Waals surface area contributed by atoms with E-state index >= 15 is 0 Å². The van der Waals surface area contributed by atoms with Crippen molar-refractivity contribution in [1.82, 2.24) is 0 Å². The van der Waals surface area contributed by atoms with Gasteiger partial charge in [-0.2, -0.15) is 0 Å². The number of rotatable bonds is 1. The van der Waals surface area contributed by atoms with Crippen LogP contribution in [0, 0.1) is 52.3 Å². The first-order valence-electron chi connectivity index (χ1n) is 14.2. The van der Waals surface area contributed by atoms with E-state index in [9.17, 15) is 9.59 Å². The van der Waals surface area contributed by atoms with E-state index in [1.54, 1.807) is 0 Å². The van der Waals surface area contributed by atoms with Crippen molar-refractivity contribution in [2.45, 2.75) is 104 Å². The second-order valence-electron chi connectivity index (χ2n) is 13.6. The van der Waals surface area contributed by atoms with Crippen molar-refractivity contribution in [3.63, 3.8) is 0 Å². The zero-order valence-electron chi connectivity index (χ0n) is 22.2. The second-order valence-corrected chi connectivity index (χ2v) is 13.6. The largest absolute Gasteiger partial charge is 0.466 e. The number of cyclic esters (lactones) is 1. The van der Waals surface area contributed by atoms with Crippen LogP contribution in [0.2, 0.25) is 0 Å². The molecule has 3 heterocycles. The Morgan fingerprint density at radius 3 is 2.51 bits per heavy atom. The first-order chi connectivity index (χ1) is 16.6. The molecule has 3 saturated carbocycles. The normalized spacial score (nSPS) is 55.2. The Kier molecular flexibility index (Phi) is 5.66. The van der Waals surface area contributed by atoms with E-state index in [-0.39, 0.29) is 40.9 Å². The maximum atomic E-state index is 12.5. The number of ether oxygens (including phenoxy) is 4. The first-order valence-corrected chi connectivity index (χ1v) is 14.2. The van der Waals surface area contributed by atoms with Gasteiger partial charge in [0.1, 0.15) is 6.10 Å². The Balaban J connectivity index is 1.31. The smallest absolute Gasteiger partial charge is 0.306 e. The van der Waals surface area contributed by atoms with Crippen molar-refractivity contribution >= 4 is 11.9 Å². The fourth-order valence-electron chi connectivity index (χ4n) is 10.3. The molecule has 0 radical (unpaired) electrons. The number of esters is 2. The summed E-state index contributed by atoms with van der Waals surface area (Å²) in [6.07, 6.45) is 7.79. The molecular formula is C29H44O6. The van der Waals surface area contributed by atoms with Crippen LogP contribution in [-0.4, -0.2) is 43.1 Å². The fourth-order valence-corrected chi connectivity index (χ4v) is 10.3. The van der Waals surface area contributed by atoms with Crippen molar-refractivity contribution in [1.29, 1.82) is 0 Å². The van der Waals surface area contributed by atoms with Gasteiger partial charge in [-0.25, -0.2) is 0 Å². The third kappa shape index (κ3) is 3.48. The van der Waals surface area contributed by atoms with Gasteiger partial charge in [-0.3, -0.25) is 9.59 Å². The second kappa shape index (κ2) is 8.18. The quantitative estimate of drug-likeness (QED) is 0.477.